The number of aliphatic imine (C=N–C) groups is 1. The van der Waals surface area contributed by atoms with E-state index in [0.717, 1.165) is 13.0 Å². The summed E-state index contributed by atoms with van der Waals surface area (Å²) in [5, 5.41) is 0. The molecule has 0 rings (SSSR count). The second kappa shape index (κ2) is 4.28. The third kappa shape index (κ3) is 4.93. The maximum Gasteiger partial charge on any atom is 0.412 e. The summed E-state index contributed by atoms with van der Waals surface area (Å²) in [6.45, 7) is 4.62. The van der Waals surface area contributed by atoms with E-state index in [9.17, 15) is 13.2 Å². The molecule has 0 aliphatic heterocycles. The normalized spacial score (nSPS) is 14.8. The Kier molecular flexibility index (Phi) is 4.00. The van der Waals surface area contributed by atoms with Crippen molar-refractivity contribution >= 4 is 6.21 Å². The summed E-state index contributed by atoms with van der Waals surface area (Å²) >= 11 is 0. The summed E-state index contributed by atoms with van der Waals surface area (Å²) in [5.41, 5.74) is -0.632. The Balaban J connectivity index is 4.20. The molecular weight excluding hydrogens is 167 g/mol. The number of hydrogen-bond acceptors (Lipinski definition) is 1. The topological polar surface area (TPSA) is 12.4 Å². The minimum Gasteiger partial charge on any atom is -0.290 e. The standard InChI is InChI=1S/C8H12F3N/c1-6(2)12-5-4-7(3)8(9,10)11/h4-6H,1-3H3/b7-4+,12-5-. The maximum atomic E-state index is 11.8. The van der Waals surface area contributed by atoms with Gasteiger partial charge in [0.1, 0.15) is 0 Å². The Bertz CT molecular complexity index is 189. The quantitative estimate of drug-likeness (QED) is 0.578. The van der Waals surface area contributed by atoms with Gasteiger partial charge >= 0.3 is 6.18 Å². The Morgan fingerprint density at radius 2 is 1.83 bits per heavy atom. The molecule has 1 nitrogen and oxygen atoms in total. The largest absolute Gasteiger partial charge is 0.412 e. The molecule has 0 aromatic carbocycles. The zero-order valence-electron chi connectivity index (χ0n) is 7.31. The summed E-state index contributed by atoms with van der Waals surface area (Å²) < 4.78 is 35.5. The van der Waals surface area contributed by atoms with E-state index < -0.39 is 11.7 Å². The van der Waals surface area contributed by atoms with Gasteiger partial charge < -0.3 is 0 Å². The van der Waals surface area contributed by atoms with Crippen molar-refractivity contribution < 1.29 is 13.2 Å². The van der Waals surface area contributed by atoms with Crippen molar-refractivity contribution in [3.05, 3.63) is 11.6 Å². The first-order chi connectivity index (χ1) is 5.34. The molecule has 0 fully saturated rings. The van der Waals surface area contributed by atoms with Crippen LogP contribution in [-0.4, -0.2) is 18.4 Å². The van der Waals surface area contributed by atoms with E-state index in [4.69, 9.17) is 0 Å². The van der Waals surface area contributed by atoms with Crippen LogP contribution in [0.1, 0.15) is 20.8 Å². The van der Waals surface area contributed by atoms with E-state index >= 15 is 0 Å². The van der Waals surface area contributed by atoms with Crippen LogP contribution in [0.3, 0.4) is 0 Å². The van der Waals surface area contributed by atoms with E-state index in [-0.39, 0.29) is 6.04 Å². The third-order valence-corrected chi connectivity index (χ3v) is 1.16. The lowest BCUT2D eigenvalue weighted by Gasteiger charge is -2.03. The lowest BCUT2D eigenvalue weighted by atomic mass is 10.3. The summed E-state index contributed by atoms with van der Waals surface area (Å²) in [6.07, 6.45) is -2.07. The molecule has 0 amide bonds. The molecule has 0 heterocycles. The van der Waals surface area contributed by atoms with Gasteiger partial charge in [0.2, 0.25) is 0 Å². The predicted molar refractivity (Wildman–Crippen MR) is 43.4 cm³/mol. The fourth-order valence-corrected chi connectivity index (χ4v) is 0.421. The van der Waals surface area contributed by atoms with Crippen LogP contribution in [0.25, 0.3) is 0 Å². The van der Waals surface area contributed by atoms with Gasteiger partial charge in [-0.3, -0.25) is 4.99 Å². The van der Waals surface area contributed by atoms with Crippen LogP contribution in [0.5, 0.6) is 0 Å². The van der Waals surface area contributed by atoms with Gasteiger partial charge in [-0.15, -0.1) is 0 Å². The minimum atomic E-state index is -4.23. The summed E-state index contributed by atoms with van der Waals surface area (Å²) in [4.78, 5) is 3.78. The second-order valence-electron chi connectivity index (χ2n) is 2.74. The molecule has 0 aromatic heterocycles. The van der Waals surface area contributed by atoms with E-state index in [1.54, 1.807) is 13.8 Å². The first kappa shape index (κ1) is 11.2. The number of rotatable bonds is 2. The first-order valence-corrected chi connectivity index (χ1v) is 3.61. The maximum absolute atomic E-state index is 11.8. The molecule has 0 bridgehead atoms. The lowest BCUT2D eigenvalue weighted by molar-refractivity contribution is -0.0911. The van der Waals surface area contributed by atoms with Crippen molar-refractivity contribution in [3.63, 3.8) is 0 Å². The van der Waals surface area contributed by atoms with Gasteiger partial charge in [0.05, 0.1) is 0 Å². The van der Waals surface area contributed by atoms with Crippen LogP contribution in [0.15, 0.2) is 16.6 Å². The number of halogens is 3. The molecule has 0 aliphatic carbocycles. The number of allylic oxidation sites excluding steroid dienone is 2. The number of nitrogens with zero attached hydrogens (tertiary/aromatic N) is 1. The number of alkyl halides is 3. The molecule has 0 aromatic rings. The summed E-state index contributed by atoms with van der Waals surface area (Å²) in [7, 11) is 0. The van der Waals surface area contributed by atoms with Crippen molar-refractivity contribution in [1.29, 1.82) is 0 Å². The van der Waals surface area contributed by atoms with Gasteiger partial charge in [0.25, 0.3) is 0 Å². The van der Waals surface area contributed by atoms with Gasteiger partial charge in [-0.05, 0) is 26.8 Å². The van der Waals surface area contributed by atoms with Crippen LogP contribution in [0.4, 0.5) is 13.2 Å². The SMILES string of the molecule is C/C(=C\C=N/C(C)C)C(F)(F)F. The van der Waals surface area contributed by atoms with Crippen LogP contribution in [-0.2, 0) is 0 Å². The van der Waals surface area contributed by atoms with Crippen molar-refractivity contribution in [1.82, 2.24) is 0 Å². The Morgan fingerprint density at radius 1 is 1.33 bits per heavy atom. The lowest BCUT2D eigenvalue weighted by Crippen LogP contribution is -2.08. The molecule has 12 heavy (non-hydrogen) atoms. The van der Waals surface area contributed by atoms with Crippen molar-refractivity contribution in [2.75, 3.05) is 0 Å². The van der Waals surface area contributed by atoms with Gasteiger partial charge in [0.15, 0.2) is 0 Å². The van der Waals surface area contributed by atoms with Crippen LogP contribution in [0.2, 0.25) is 0 Å². The molecular formula is C8H12F3N. The average molecular weight is 179 g/mol. The molecule has 0 unspecified atom stereocenters. The minimum absolute atomic E-state index is 0.0299. The van der Waals surface area contributed by atoms with Gasteiger partial charge in [-0.2, -0.15) is 13.2 Å². The fraction of sp³-hybridized carbons (Fsp3) is 0.625. The summed E-state index contributed by atoms with van der Waals surface area (Å²) in [5.74, 6) is 0. The van der Waals surface area contributed by atoms with Crippen LogP contribution < -0.4 is 0 Å². The van der Waals surface area contributed by atoms with E-state index in [0.29, 0.717) is 0 Å². The van der Waals surface area contributed by atoms with Gasteiger partial charge in [-0.25, -0.2) is 0 Å². The molecule has 70 valence electrons. The zero-order chi connectivity index (χ0) is 9.78. The molecule has 0 spiro atoms. The second-order valence-corrected chi connectivity index (χ2v) is 2.74. The third-order valence-electron chi connectivity index (χ3n) is 1.16. The highest BCUT2D eigenvalue weighted by molar-refractivity contribution is 5.72. The van der Waals surface area contributed by atoms with Crippen LogP contribution in [0, 0.1) is 0 Å². The highest BCUT2D eigenvalue weighted by Gasteiger charge is 2.29. The zero-order valence-corrected chi connectivity index (χ0v) is 7.31. The monoisotopic (exact) mass is 179 g/mol. The molecule has 0 atom stereocenters. The highest BCUT2D eigenvalue weighted by atomic mass is 19.4. The predicted octanol–water partition coefficient (Wildman–Crippen LogP) is 2.97. The molecule has 4 heteroatoms. The molecule has 0 aliphatic rings. The molecule has 0 radical (unpaired) electrons. The highest BCUT2D eigenvalue weighted by Crippen LogP contribution is 2.23. The van der Waals surface area contributed by atoms with Gasteiger partial charge in [-0.1, -0.05) is 0 Å². The van der Waals surface area contributed by atoms with Crippen molar-refractivity contribution in [3.8, 4) is 0 Å². The van der Waals surface area contributed by atoms with Crippen LogP contribution >= 0.6 is 0 Å². The van der Waals surface area contributed by atoms with Gasteiger partial charge in [0, 0.05) is 17.8 Å². The van der Waals surface area contributed by atoms with E-state index in [1.165, 1.54) is 6.21 Å². The smallest absolute Gasteiger partial charge is 0.290 e. The van der Waals surface area contributed by atoms with E-state index in [1.807, 2.05) is 0 Å². The Labute approximate surface area is 70.0 Å². The number of hydrogen-bond donors (Lipinski definition) is 0. The molecule has 0 saturated carbocycles. The van der Waals surface area contributed by atoms with E-state index in [2.05, 4.69) is 4.99 Å². The Hall–Kier alpha value is -0.800. The fourth-order valence-electron chi connectivity index (χ4n) is 0.421. The first-order valence-electron chi connectivity index (χ1n) is 3.61. The average Bonchev–Trinajstić information content (AvgIpc) is 1.84. The van der Waals surface area contributed by atoms with Crippen molar-refractivity contribution in [2.24, 2.45) is 4.99 Å². The Morgan fingerprint density at radius 3 is 2.17 bits per heavy atom. The van der Waals surface area contributed by atoms with Crippen molar-refractivity contribution in [2.45, 2.75) is 33.0 Å². The summed E-state index contributed by atoms with van der Waals surface area (Å²) in [6, 6.07) is 0.0299. The molecule has 0 saturated heterocycles. The molecule has 0 N–H and O–H groups in total.